The number of hydrogen-bond donors (Lipinski definition) is 2. The number of halogens is 1. The van der Waals surface area contributed by atoms with Gasteiger partial charge in [0, 0.05) is 16.7 Å². The van der Waals surface area contributed by atoms with E-state index in [0.717, 1.165) is 11.3 Å². The van der Waals surface area contributed by atoms with Crippen LogP contribution in [0.1, 0.15) is 24.9 Å². The molecule has 0 radical (unpaired) electrons. The van der Waals surface area contributed by atoms with Crippen LogP contribution in [0.2, 0.25) is 5.02 Å². The molecule has 0 saturated heterocycles. The van der Waals surface area contributed by atoms with Crippen molar-refractivity contribution < 1.29 is 14.5 Å². The number of rotatable bonds is 3. The van der Waals surface area contributed by atoms with Crippen molar-refractivity contribution in [3.63, 3.8) is 0 Å². The van der Waals surface area contributed by atoms with Crippen LogP contribution in [0, 0.1) is 17.0 Å². The Balaban J connectivity index is 2.00. The molecule has 0 spiro atoms. The lowest BCUT2D eigenvalue weighted by molar-refractivity contribution is -0.385. The van der Waals surface area contributed by atoms with Crippen LogP contribution in [-0.2, 0) is 0 Å². The highest BCUT2D eigenvalue weighted by Crippen LogP contribution is 2.27. The maximum absolute atomic E-state index is 11.9. The summed E-state index contributed by atoms with van der Waals surface area (Å²) in [6, 6.07) is 7.27. The summed E-state index contributed by atoms with van der Waals surface area (Å²) >= 11 is 6.69. The van der Waals surface area contributed by atoms with Gasteiger partial charge in [0.05, 0.1) is 9.80 Å². The van der Waals surface area contributed by atoms with E-state index < -0.39 is 16.7 Å². The molecular weight excluding hydrogens is 330 g/mol. The summed E-state index contributed by atoms with van der Waals surface area (Å²) in [4.78, 5) is 34.4. The van der Waals surface area contributed by atoms with Crippen LogP contribution in [0.3, 0.4) is 0 Å². The van der Waals surface area contributed by atoms with Gasteiger partial charge in [-0.05, 0) is 31.2 Å². The summed E-state index contributed by atoms with van der Waals surface area (Å²) in [6.07, 6.45) is 0. The summed E-state index contributed by atoms with van der Waals surface area (Å²) in [5, 5.41) is 11.2. The molecule has 2 aromatic rings. The number of aryl methyl sites for hydroxylation is 1. The molecule has 2 N–H and O–H groups in total. The summed E-state index contributed by atoms with van der Waals surface area (Å²) in [5.41, 5.74) is 4.63. The van der Waals surface area contributed by atoms with E-state index in [1.165, 1.54) is 18.2 Å². The molecule has 0 atom stereocenters. The third-order valence-corrected chi connectivity index (χ3v) is 4.00. The third kappa shape index (κ3) is 3.60. The van der Waals surface area contributed by atoms with E-state index in [9.17, 15) is 19.7 Å². The number of amides is 2. The fraction of sp³-hybridized carbons (Fsp3) is 0.0769. The number of carbonyl (C=O) groups is 2. The lowest BCUT2D eigenvalue weighted by Gasteiger charge is -2.06. The SMILES string of the molecule is Cc1sc(C(=O)NNC(=O)c2ccc(Cl)cc2)cc1[N+](=O)[O-]. The van der Waals surface area contributed by atoms with Crippen LogP contribution < -0.4 is 10.9 Å². The average molecular weight is 340 g/mol. The predicted octanol–water partition coefficient (Wildman–Crippen LogP) is 2.69. The molecule has 2 amide bonds. The number of hydrogen-bond acceptors (Lipinski definition) is 5. The van der Waals surface area contributed by atoms with E-state index >= 15 is 0 Å². The summed E-state index contributed by atoms with van der Waals surface area (Å²) in [7, 11) is 0. The van der Waals surface area contributed by atoms with Gasteiger partial charge < -0.3 is 0 Å². The van der Waals surface area contributed by atoms with Crippen molar-refractivity contribution in [2.75, 3.05) is 0 Å². The van der Waals surface area contributed by atoms with Gasteiger partial charge in [-0.1, -0.05) is 11.6 Å². The summed E-state index contributed by atoms with van der Waals surface area (Å²) in [6.45, 7) is 1.55. The van der Waals surface area contributed by atoms with Crippen LogP contribution in [0.25, 0.3) is 0 Å². The Morgan fingerprint density at radius 3 is 2.32 bits per heavy atom. The Bertz CT molecular complexity index is 742. The van der Waals surface area contributed by atoms with Gasteiger partial charge in [0.2, 0.25) is 0 Å². The second kappa shape index (κ2) is 6.54. The smallest absolute Gasteiger partial charge is 0.267 e. The van der Waals surface area contributed by atoms with Crippen molar-refractivity contribution in [2.24, 2.45) is 0 Å². The highest BCUT2D eigenvalue weighted by molar-refractivity contribution is 7.14. The maximum atomic E-state index is 11.9. The minimum Gasteiger partial charge on any atom is -0.267 e. The van der Waals surface area contributed by atoms with Gasteiger partial charge in [-0.2, -0.15) is 0 Å². The molecule has 1 aromatic carbocycles. The van der Waals surface area contributed by atoms with E-state index in [4.69, 9.17) is 11.6 Å². The molecule has 1 heterocycles. The van der Waals surface area contributed by atoms with Gasteiger partial charge >= 0.3 is 0 Å². The monoisotopic (exact) mass is 339 g/mol. The number of nitro groups is 1. The first-order valence-corrected chi connectivity index (χ1v) is 7.19. The first kappa shape index (κ1) is 15.9. The third-order valence-electron chi connectivity index (χ3n) is 2.71. The van der Waals surface area contributed by atoms with Crippen LogP contribution in [0.15, 0.2) is 30.3 Å². The van der Waals surface area contributed by atoms with E-state index in [1.54, 1.807) is 19.1 Å². The molecule has 0 aliphatic carbocycles. The predicted molar refractivity (Wildman–Crippen MR) is 82.1 cm³/mol. The Morgan fingerprint density at radius 1 is 1.18 bits per heavy atom. The lowest BCUT2D eigenvalue weighted by Crippen LogP contribution is -2.41. The number of carbonyl (C=O) groups excluding carboxylic acids is 2. The molecule has 22 heavy (non-hydrogen) atoms. The zero-order valence-electron chi connectivity index (χ0n) is 11.3. The highest BCUT2D eigenvalue weighted by Gasteiger charge is 2.19. The van der Waals surface area contributed by atoms with Gasteiger partial charge in [-0.3, -0.25) is 30.6 Å². The molecule has 7 nitrogen and oxygen atoms in total. The van der Waals surface area contributed by atoms with Crippen molar-refractivity contribution in [3.05, 3.63) is 60.8 Å². The van der Waals surface area contributed by atoms with Crippen molar-refractivity contribution in [1.29, 1.82) is 0 Å². The molecule has 0 fully saturated rings. The molecule has 0 bridgehead atoms. The first-order chi connectivity index (χ1) is 10.4. The molecule has 9 heteroatoms. The fourth-order valence-electron chi connectivity index (χ4n) is 1.61. The second-order valence-electron chi connectivity index (χ2n) is 4.22. The highest BCUT2D eigenvalue weighted by atomic mass is 35.5. The molecule has 0 aliphatic heterocycles. The number of hydrazine groups is 1. The molecule has 2 rings (SSSR count). The van der Waals surface area contributed by atoms with Crippen LogP contribution in [0.5, 0.6) is 0 Å². The van der Waals surface area contributed by atoms with E-state index in [0.29, 0.717) is 15.5 Å². The van der Waals surface area contributed by atoms with Gasteiger partial charge in [0.25, 0.3) is 17.5 Å². The number of thiophene rings is 1. The molecule has 0 aliphatic rings. The number of nitrogens with zero attached hydrogens (tertiary/aromatic N) is 1. The Kier molecular flexibility index (Phi) is 4.74. The maximum Gasteiger partial charge on any atom is 0.283 e. The normalized spacial score (nSPS) is 10.1. The number of nitrogens with one attached hydrogen (secondary N) is 2. The fourth-order valence-corrected chi connectivity index (χ4v) is 2.62. The summed E-state index contributed by atoms with van der Waals surface area (Å²) < 4.78 is 0. The van der Waals surface area contributed by atoms with Crippen molar-refractivity contribution in [1.82, 2.24) is 10.9 Å². The van der Waals surface area contributed by atoms with Crippen molar-refractivity contribution in [2.45, 2.75) is 6.92 Å². The van der Waals surface area contributed by atoms with Crippen LogP contribution in [-0.4, -0.2) is 16.7 Å². The number of benzene rings is 1. The molecule has 114 valence electrons. The Labute approximate surface area is 134 Å². The minimum atomic E-state index is -0.622. The van der Waals surface area contributed by atoms with E-state index in [1.807, 2.05) is 0 Å². The first-order valence-electron chi connectivity index (χ1n) is 5.99. The van der Waals surface area contributed by atoms with Crippen molar-refractivity contribution >= 4 is 40.4 Å². The largest absolute Gasteiger partial charge is 0.283 e. The van der Waals surface area contributed by atoms with E-state index in [2.05, 4.69) is 10.9 Å². The topological polar surface area (TPSA) is 101 Å². The quantitative estimate of drug-likeness (QED) is 0.663. The van der Waals surface area contributed by atoms with Crippen LogP contribution in [0.4, 0.5) is 5.69 Å². The standard InChI is InChI=1S/C13H10ClN3O4S/c1-7-10(17(20)21)6-11(22-7)13(19)16-15-12(18)8-2-4-9(14)5-3-8/h2-6H,1H3,(H,15,18)(H,16,19). The Hall–Kier alpha value is -2.45. The average Bonchev–Trinajstić information content (AvgIpc) is 2.87. The van der Waals surface area contributed by atoms with Gasteiger partial charge in [-0.15, -0.1) is 11.3 Å². The van der Waals surface area contributed by atoms with E-state index in [-0.39, 0.29) is 10.6 Å². The zero-order chi connectivity index (χ0) is 16.3. The summed E-state index contributed by atoms with van der Waals surface area (Å²) in [5.74, 6) is -1.14. The lowest BCUT2D eigenvalue weighted by atomic mass is 10.2. The molecule has 0 saturated carbocycles. The Morgan fingerprint density at radius 2 is 1.77 bits per heavy atom. The minimum absolute atomic E-state index is 0.126. The molecule has 0 unspecified atom stereocenters. The van der Waals surface area contributed by atoms with Gasteiger partial charge in [0.15, 0.2) is 0 Å². The molecule has 1 aromatic heterocycles. The zero-order valence-corrected chi connectivity index (χ0v) is 12.8. The van der Waals surface area contributed by atoms with Gasteiger partial charge in [-0.25, -0.2) is 0 Å². The van der Waals surface area contributed by atoms with Gasteiger partial charge in [0.1, 0.15) is 4.88 Å². The second-order valence-corrected chi connectivity index (χ2v) is 5.92. The van der Waals surface area contributed by atoms with Crippen LogP contribution >= 0.6 is 22.9 Å². The van der Waals surface area contributed by atoms with Crippen molar-refractivity contribution in [3.8, 4) is 0 Å². The molecular formula is C13H10ClN3O4S.